The molecular formula is C29H36O4. The summed E-state index contributed by atoms with van der Waals surface area (Å²) >= 11 is 0. The molecule has 1 saturated heterocycles. The van der Waals surface area contributed by atoms with Gasteiger partial charge < -0.3 is 9.47 Å². The number of ether oxygens (including phenoxy) is 2. The van der Waals surface area contributed by atoms with Gasteiger partial charge in [-0.3, -0.25) is 0 Å². The number of carbonyl (C=O) groups excluding carboxylic acids is 2. The number of carbonyl (C=O) groups is 2. The number of fused-ring (bicyclic) bond motifs is 1. The first kappa shape index (κ1) is 21.4. The zero-order valence-corrected chi connectivity index (χ0v) is 19.9. The number of hydrogen-bond donors (Lipinski definition) is 0. The fraction of sp³-hybridized carbons (Fsp3) is 0.655. The predicted molar refractivity (Wildman–Crippen MR) is 126 cm³/mol. The van der Waals surface area contributed by atoms with Crippen LogP contribution in [0.3, 0.4) is 0 Å². The summed E-state index contributed by atoms with van der Waals surface area (Å²) in [5, 5.41) is 0. The molecule has 5 aliphatic carbocycles. The van der Waals surface area contributed by atoms with E-state index in [1.807, 2.05) is 0 Å². The summed E-state index contributed by atoms with van der Waals surface area (Å²) in [6, 6.07) is 0. The minimum absolute atomic E-state index is 0.0197. The standard InChI is InChI=1S/C29H36O4/c1-2-3-12-24-29-16-15-19(17-22(29)27(30)33-24)20-13-14-21-23(32-28(31)25(21)26(20)29)11-7-10-18-8-5-4-6-9-18/h11-12,17-20,26H,2-10,13-16H2,1H3/b23-11?,24-12-/t19-,20-,26+,29+/m0/s1. The predicted octanol–water partition coefficient (Wildman–Crippen LogP) is 6.69. The zero-order chi connectivity index (χ0) is 22.6. The van der Waals surface area contributed by atoms with Crippen molar-refractivity contribution >= 4 is 11.9 Å². The minimum Gasteiger partial charge on any atom is -0.427 e. The van der Waals surface area contributed by atoms with Gasteiger partial charge in [-0.15, -0.1) is 0 Å². The second kappa shape index (κ2) is 8.29. The maximum Gasteiger partial charge on any atom is 0.340 e. The molecule has 3 fully saturated rings. The van der Waals surface area contributed by atoms with Crippen LogP contribution in [0.4, 0.5) is 0 Å². The molecule has 33 heavy (non-hydrogen) atoms. The molecule has 0 aromatic carbocycles. The third-order valence-electron chi connectivity index (χ3n) is 9.44. The Balaban J connectivity index is 1.35. The molecule has 2 saturated carbocycles. The van der Waals surface area contributed by atoms with Crippen LogP contribution in [0.25, 0.3) is 0 Å². The summed E-state index contributed by atoms with van der Waals surface area (Å²) < 4.78 is 11.8. The van der Waals surface area contributed by atoms with Crippen molar-refractivity contribution < 1.29 is 19.1 Å². The Hall–Kier alpha value is -2.10. The molecule has 2 aliphatic heterocycles. The van der Waals surface area contributed by atoms with Crippen molar-refractivity contribution in [2.75, 3.05) is 0 Å². The van der Waals surface area contributed by atoms with Crippen molar-refractivity contribution in [1.29, 1.82) is 0 Å². The third kappa shape index (κ3) is 3.23. The molecular weight excluding hydrogens is 412 g/mol. The molecule has 7 rings (SSSR count). The Morgan fingerprint density at radius 2 is 1.85 bits per heavy atom. The molecule has 0 amide bonds. The summed E-state index contributed by atoms with van der Waals surface area (Å²) in [5.74, 6) is 2.88. The molecule has 0 aromatic rings. The summed E-state index contributed by atoms with van der Waals surface area (Å²) in [6.45, 7) is 2.14. The first-order valence-corrected chi connectivity index (χ1v) is 13.4. The maximum atomic E-state index is 13.3. The van der Waals surface area contributed by atoms with E-state index in [0.717, 1.165) is 79.1 Å². The number of allylic oxidation sites excluding steroid dienone is 5. The van der Waals surface area contributed by atoms with Gasteiger partial charge in [-0.1, -0.05) is 51.5 Å². The topological polar surface area (TPSA) is 52.6 Å². The number of cyclic esters (lactones) is 2. The quantitative estimate of drug-likeness (QED) is 0.440. The molecule has 2 bridgehead atoms. The Morgan fingerprint density at radius 3 is 2.67 bits per heavy atom. The summed E-state index contributed by atoms with van der Waals surface area (Å²) in [7, 11) is 0. The average molecular weight is 449 g/mol. The molecule has 4 nitrogen and oxygen atoms in total. The highest BCUT2D eigenvalue weighted by Gasteiger charge is 2.66. The fourth-order valence-corrected chi connectivity index (χ4v) is 7.94. The van der Waals surface area contributed by atoms with Crippen molar-refractivity contribution in [3.05, 3.63) is 46.5 Å². The lowest BCUT2D eigenvalue weighted by molar-refractivity contribution is -0.135. The van der Waals surface area contributed by atoms with Gasteiger partial charge in [-0.2, -0.15) is 0 Å². The van der Waals surface area contributed by atoms with Gasteiger partial charge in [0.25, 0.3) is 0 Å². The Bertz CT molecular complexity index is 989. The highest BCUT2D eigenvalue weighted by Crippen LogP contribution is 2.68. The van der Waals surface area contributed by atoms with E-state index in [2.05, 4.69) is 25.2 Å². The van der Waals surface area contributed by atoms with Crippen LogP contribution in [0.1, 0.15) is 90.4 Å². The lowest BCUT2D eigenvalue weighted by Crippen LogP contribution is -2.50. The van der Waals surface area contributed by atoms with Crippen LogP contribution >= 0.6 is 0 Å². The van der Waals surface area contributed by atoms with Crippen molar-refractivity contribution in [2.24, 2.45) is 29.1 Å². The van der Waals surface area contributed by atoms with Gasteiger partial charge in [0.1, 0.15) is 11.5 Å². The highest BCUT2D eigenvalue weighted by atomic mass is 16.5. The summed E-state index contributed by atoms with van der Waals surface area (Å²) in [5.41, 5.74) is 2.36. The van der Waals surface area contributed by atoms with E-state index in [0.29, 0.717) is 11.8 Å². The fourth-order valence-electron chi connectivity index (χ4n) is 7.94. The molecule has 4 atom stereocenters. The van der Waals surface area contributed by atoms with Crippen LogP contribution in [-0.2, 0) is 19.1 Å². The van der Waals surface area contributed by atoms with E-state index in [1.165, 1.54) is 38.5 Å². The molecule has 4 heteroatoms. The van der Waals surface area contributed by atoms with Gasteiger partial charge in [-0.25, -0.2) is 9.59 Å². The molecule has 7 aliphatic rings. The molecule has 0 unspecified atom stereocenters. The normalized spacial score (nSPS) is 37.7. The molecule has 176 valence electrons. The SMILES string of the molecule is CCC/C=C1\OC(=O)C2=C[C@@H]3CC[C@@]21[C@H]1C2=C(CC[C@@H]31)C(=CCCC1CCCCC1)OC2=O. The largest absolute Gasteiger partial charge is 0.427 e. The number of esters is 2. The Kier molecular flexibility index (Phi) is 5.38. The van der Waals surface area contributed by atoms with Gasteiger partial charge in [0.05, 0.1) is 5.41 Å². The van der Waals surface area contributed by atoms with Gasteiger partial charge in [-0.05, 0) is 74.9 Å². The monoisotopic (exact) mass is 448 g/mol. The second-order valence-electron chi connectivity index (χ2n) is 11.1. The summed E-state index contributed by atoms with van der Waals surface area (Å²) in [4.78, 5) is 26.2. The molecule has 2 heterocycles. The summed E-state index contributed by atoms with van der Waals surface area (Å²) in [6.07, 6.45) is 21.3. The van der Waals surface area contributed by atoms with Crippen LogP contribution in [0.2, 0.25) is 0 Å². The first-order valence-electron chi connectivity index (χ1n) is 13.4. The van der Waals surface area contributed by atoms with E-state index >= 15 is 0 Å². The van der Waals surface area contributed by atoms with E-state index in [4.69, 9.17) is 9.47 Å². The van der Waals surface area contributed by atoms with Crippen molar-refractivity contribution in [1.82, 2.24) is 0 Å². The zero-order valence-electron chi connectivity index (χ0n) is 19.9. The first-order chi connectivity index (χ1) is 16.1. The minimum atomic E-state index is -0.455. The van der Waals surface area contributed by atoms with Crippen molar-refractivity contribution in [2.45, 2.75) is 90.4 Å². The van der Waals surface area contributed by atoms with Gasteiger partial charge in [0.15, 0.2) is 0 Å². The lowest BCUT2D eigenvalue weighted by Gasteiger charge is -2.54. The lowest BCUT2D eigenvalue weighted by atomic mass is 9.47. The van der Waals surface area contributed by atoms with Gasteiger partial charge in [0, 0.05) is 22.6 Å². The highest BCUT2D eigenvalue weighted by molar-refractivity contribution is 5.99. The van der Waals surface area contributed by atoms with E-state index in [9.17, 15) is 9.59 Å². The van der Waals surface area contributed by atoms with E-state index in [-0.39, 0.29) is 17.9 Å². The van der Waals surface area contributed by atoms with Crippen LogP contribution in [0.5, 0.6) is 0 Å². The Labute approximate surface area is 197 Å². The third-order valence-corrected chi connectivity index (χ3v) is 9.44. The number of unbranched alkanes of at least 4 members (excludes halogenated alkanes) is 1. The van der Waals surface area contributed by atoms with Gasteiger partial charge >= 0.3 is 11.9 Å². The molecule has 0 radical (unpaired) electrons. The van der Waals surface area contributed by atoms with Crippen LogP contribution in [0.15, 0.2) is 46.5 Å². The van der Waals surface area contributed by atoms with E-state index in [1.54, 1.807) is 0 Å². The smallest absolute Gasteiger partial charge is 0.340 e. The van der Waals surface area contributed by atoms with E-state index < -0.39 is 5.41 Å². The number of rotatable bonds is 5. The molecule has 1 spiro atoms. The van der Waals surface area contributed by atoms with Crippen LogP contribution in [-0.4, -0.2) is 11.9 Å². The average Bonchev–Trinajstić information content (AvgIpc) is 3.32. The van der Waals surface area contributed by atoms with Crippen LogP contribution in [0, 0.1) is 29.1 Å². The molecule has 0 N–H and O–H groups in total. The number of hydrogen-bond acceptors (Lipinski definition) is 4. The second-order valence-corrected chi connectivity index (χ2v) is 11.1. The van der Waals surface area contributed by atoms with Crippen molar-refractivity contribution in [3.8, 4) is 0 Å². The molecule has 0 aromatic heterocycles. The Morgan fingerprint density at radius 1 is 1.00 bits per heavy atom. The van der Waals surface area contributed by atoms with Crippen molar-refractivity contribution in [3.63, 3.8) is 0 Å². The van der Waals surface area contributed by atoms with Crippen LogP contribution < -0.4 is 0 Å². The maximum absolute atomic E-state index is 13.3. The van der Waals surface area contributed by atoms with Gasteiger partial charge in [0.2, 0.25) is 0 Å².